The van der Waals surface area contributed by atoms with Gasteiger partial charge in [0.25, 0.3) is 0 Å². The van der Waals surface area contributed by atoms with Crippen LogP contribution in [0.2, 0.25) is 0 Å². The van der Waals surface area contributed by atoms with E-state index >= 15 is 0 Å². The maximum Gasteiger partial charge on any atom is 0.123 e. The summed E-state index contributed by atoms with van der Waals surface area (Å²) in [4.78, 5) is 0. The Kier molecular flexibility index (Phi) is 5.47. The molecule has 0 aromatic heterocycles. The molecule has 16 heavy (non-hydrogen) atoms. The SMILES string of the molecule is CNCC(CCC(C)C)c1cccc(F)c1. The van der Waals surface area contributed by atoms with E-state index in [9.17, 15) is 4.39 Å². The number of benzene rings is 1. The van der Waals surface area contributed by atoms with Gasteiger partial charge in [-0.25, -0.2) is 4.39 Å². The minimum Gasteiger partial charge on any atom is -0.319 e. The van der Waals surface area contributed by atoms with Gasteiger partial charge in [0.05, 0.1) is 0 Å². The van der Waals surface area contributed by atoms with Gasteiger partial charge in [-0.05, 0) is 43.0 Å². The first-order valence-corrected chi connectivity index (χ1v) is 6.03. The molecule has 0 saturated heterocycles. The third-order valence-corrected chi connectivity index (χ3v) is 2.86. The van der Waals surface area contributed by atoms with Gasteiger partial charge in [-0.1, -0.05) is 32.4 Å². The summed E-state index contributed by atoms with van der Waals surface area (Å²) in [6.07, 6.45) is 2.30. The summed E-state index contributed by atoms with van der Waals surface area (Å²) >= 11 is 0. The van der Waals surface area contributed by atoms with Crippen molar-refractivity contribution >= 4 is 0 Å². The van der Waals surface area contributed by atoms with Crippen molar-refractivity contribution in [3.8, 4) is 0 Å². The third kappa shape index (κ3) is 4.31. The number of nitrogens with one attached hydrogen (secondary N) is 1. The molecule has 2 heteroatoms. The fourth-order valence-corrected chi connectivity index (χ4v) is 1.93. The summed E-state index contributed by atoms with van der Waals surface area (Å²) in [7, 11) is 1.95. The molecule has 90 valence electrons. The second-order valence-corrected chi connectivity index (χ2v) is 4.78. The molecule has 0 aliphatic heterocycles. The standard InChI is InChI=1S/C14H22FN/c1-11(2)7-8-13(10-16-3)12-5-4-6-14(15)9-12/h4-6,9,11,13,16H,7-8,10H2,1-3H3. The van der Waals surface area contributed by atoms with Crippen molar-refractivity contribution in [1.82, 2.24) is 5.32 Å². The number of likely N-dealkylation sites (N-methyl/N-ethyl adjacent to an activating group) is 1. The Hall–Kier alpha value is -0.890. The first-order chi connectivity index (χ1) is 7.63. The lowest BCUT2D eigenvalue weighted by Gasteiger charge is -2.18. The van der Waals surface area contributed by atoms with E-state index in [1.54, 1.807) is 12.1 Å². The van der Waals surface area contributed by atoms with Gasteiger partial charge in [0.1, 0.15) is 5.82 Å². The lowest BCUT2D eigenvalue weighted by Crippen LogP contribution is -2.18. The monoisotopic (exact) mass is 223 g/mol. The van der Waals surface area contributed by atoms with Crippen LogP contribution in [0.15, 0.2) is 24.3 Å². The molecule has 0 bridgehead atoms. The Balaban J connectivity index is 2.68. The van der Waals surface area contributed by atoms with E-state index in [2.05, 4.69) is 19.2 Å². The molecule has 0 aliphatic carbocycles. The van der Waals surface area contributed by atoms with Crippen LogP contribution in [0.4, 0.5) is 4.39 Å². The van der Waals surface area contributed by atoms with Crippen LogP contribution in [0.1, 0.15) is 38.2 Å². The summed E-state index contributed by atoms with van der Waals surface area (Å²) in [6.45, 7) is 5.36. The minimum atomic E-state index is -0.136. The van der Waals surface area contributed by atoms with Crippen molar-refractivity contribution < 1.29 is 4.39 Å². The maximum absolute atomic E-state index is 13.1. The normalized spacial score (nSPS) is 13.1. The second-order valence-electron chi connectivity index (χ2n) is 4.78. The molecule has 0 radical (unpaired) electrons. The van der Waals surface area contributed by atoms with Crippen molar-refractivity contribution in [2.75, 3.05) is 13.6 Å². The molecule has 0 heterocycles. The molecule has 1 aromatic rings. The Labute approximate surface area is 98.1 Å². The molecule has 1 aromatic carbocycles. The van der Waals surface area contributed by atoms with Gasteiger partial charge in [-0.3, -0.25) is 0 Å². The van der Waals surface area contributed by atoms with Crippen molar-refractivity contribution in [3.05, 3.63) is 35.6 Å². The number of hydrogen-bond donors (Lipinski definition) is 1. The minimum absolute atomic E-state index is 0.136. The van der Waals surface area contributed by atoms with E-state index in [0.717, 1.165) is 18.5 Å². The van der Waals surface area contributed by atoms with Crippen molar-refractivity contribution in [3.63, 3.8) is 0 Å². The third-order valence-electron chi connectivity index (χ3n) is 2.86. The van der Waals surface area contributed by atoms with E-state index in [-0.39, 0.29) is 5.82 Å². The molecule has 0 spiro atoms. The Morgan fingerprint density at radius 3 is 2.56 bits per heavy atom. The summed E-state index contributed by atoms with van der Waals surface area (Å²) in [5.41, 5.74) is 1.11. The van der Waals surface area contributed by atoms with E-state index in [4.69, 9.17) is 0 Å². The molecule has 0 aliphatic rings. The first-order valence-electron chi connectivity index (χ1n) is 6.03. The van der Waals surface area contributed by atoms with Crippen LogP contribution in [-0.4, -0.2) is 13.6 Å². The van der Waals surface area contributed by atoms with Gasteiger partial charge in [-0.15, -0.1) is 0 Å². The molecule has 1 atom stereocenters. The van der Waals surface area contributed by atoms with E-state index < -0.39 is 0 Å². The van der Waals surface area contributed by atoms with E-state index in [1.165, 1.54) is 12.5 Å². The molecule has 0 fully saturated rings. The quantitative estimate of drug-likeness (QED) is 0.777. The molecule has 1 nitrogen and oxygen atoms in total. The van der Waals surface area contributed by atoms with Gasteiger partial charge in [0.2, 0.25) is 0 Å². The molecule has 1 rings (SSSR count). The highest BCUT2D eigenvalue weighted by Crippen LogP contribution is 2.23. The van der Waals surface area contributed by atoms with Crippen molar-refractivity contribution in [1.29, 1.82) is 0 Å². The largest absolute Gasteiger partial charge is 0.319 e. The Morgan fingerprint density at radius 1 is 1.25 bits per heavy atom. The van der Waals surface area contributed by atoms with Gasteiger partial charge in [0.15, 0.2) is 0 Å². The highest BCUT2D eigenvalue weighted by atomic mass is 19.1. The molecule has 1 N–H and O–H groups in total. The average molecular weight is 223 g/mol. The van der Waals surface area contributed by atoms with E-state index in [0.29, 0.717) is 11.8 Å². The zero-order valence-electron chi connectivity index (χ0n) is 10.5. The predicted molar refractivity (Wildman–Crippen MR) is 67.1 cm³/mol. The lowest BCUT2D eigenvalue weighted by atomic mass is 9.91. The Bertz CT molecular complexity index is 309. The van der Waals surface area contributed by atoms with E-state index in [1.807, 2.05) is 13.1 Å². The lowest BCUT2D eigenvalue weighted by molar-refractivity contribution is 0.485. The van der Waals surface area contributed by atoms with Gasteiger partial charge >= 0.3 is 0 Å². The zero-order valence-corrected chi connectivity index (χ0v) is 10.5. The van der Waals surface area contributed by atoms with Crippen LogP contribution in [0.25, 0.3) is 0 Å². The smallest absolute Gasteiger partial charge is 0.123 e. The van der Waals surface area contributed by atoms with Crippen LogP contribution in [0.5, 0.6) is 0 Å². The summed E-state index contributed by atoms with van der Waals surface area (Å²) in [5, 5.41) is 3.19. The fraction of sp³-hybridized carbons (Fsp3) is 0.571. The summed E-state index contributed by atoms with van der Waals surface area (Å²) < 4.78 is 13.1. The van der Waals surface area contributed by atoms with Crippen LogP contribution >= 0.6 is 0 Å². The maximum atomic E-state index is 13.1. The van der Waals surface area contributed by atoms with Gasteiger partial charge < -0.3 is 5.32 Å². The van der Waals surface area contributed by atoms with Gasteiger partial charge in [-0.2, -0.15) is 0 Å². The predicted octanol–water partition coefficient (Wildman–Crippen LogP) is 3.56. The Morgan fingerprint density at radius 2 is 2.00 bits per heavy atom. The number of rotatable bonds is 6. The summed E-state index contributed by atoms with van der Waals surface area (Å²) in [5.74, 6) is 0.985. The van der Waals surface area contributed by atoms with Crippen molar-refractivity contribution in [2.45, 2.75) is 32.6 Å². The topological polar surface area (TPSA) is 12.0 Å². The highest BCUT2D eigenvalue weighted by molar-refractivity contribution is 5.21. The molecule has 0 amide bonds. The van der Waals surface area contributed by atoms with Crippen molar-refractivity contribution in [2.24, 2.45) is 5.92 Å². The van der Waals surface area contributed by atoms with Crippen LogP contribution in [0, 0.1) is 11.7 Å². The second kappa shape index (κ2) is 6.64. The zero-order chi connectivity index (χ0) is 12.0. The van der Waals surface area contributed by atoms with Crippen LogP contribution < -0.4 is 5.32 Å². The molecular weight excluding hydrogens is 201 g/mol. The number of hydrogen-bond acceptors (Lipinski definition) is 1. The molecule has 0 saturated carbocycles. The van der Waals surface area contributed by atoms with Gasteiger partial charge in [0, 0.05) is 6.54 Å². The highest BCUT2D eigenvalue weighted by Gasteiger charge is 2.11. The number of halogens is 1. The molecule has 1 unspecified atom stereocenters. The van der Waals surface area contributed by atoms with Crippen LogP contribution in [-0.2, 0) is 0 Å². The first kappa shape index (κ1) is 13.2. The molecular formula is C14H22FN. The van der Waals surface area contributed by atoms with Crippen LogP contribution in [0.3, 0.4) is 0 Å². The fourth-order valence-electron chi connectivity index (χ4n) is 1.93. The average Bonchev–Trinajstić information content (AvgIpc) is 2.24. The summed E-state index contributed by atoms with van der Waals surface area (Å²) in [6, 6.07) is 6.97.